The minimum Gasteiger partial charge on any atom is -0.336 e. The summed E-state index contributed by atoms with van der Waals surface area (Å²) >= 11 is 0. The number of carbonyl (C=O) groups is 1. The second kappa shape index (κ2) is 5.91. The van der Waals surface area contributed by atoms with E-state index in [0.29, 0.717) is 6.54 Å². The van der Waals surface area contributed by atoms with Crippen molar-refractivity contribution in [3.63, 3.8) is 0 Å². The van der Waals surface area contributed by atoms with Gasteiger partial charge in [0.1, 0.15) is 0 Å². The molecule has 6 heteroatoms. The molecule has 3 heterocycles. The number of hydrogen-bond acceptors (Lipinski definition) is 3. The lowest BCUT2D eigenvalue weighted by molar-refractivity contribution is 0.0751. The lowest BCUT2D eigenvalue weighted by Gasteiger charge is -2.42. The van der Waals surface area contributed by atoms with Gasteiger partial charge in [0.25, 0.3) is 0 Å². The van der Waals surface area contributed by atoms with Crippen molar-refractivity contribution in [3.8, 4) is 0 Å². The van der Waals surface area contributed by atoms with E-state index in [1.807, 2.05) is 11.1 Å². The van der Waals surface area contributed by atoms with Gasteiger partial charge in [0, 0.05) is 45.0 Å². The normalized spacial score (nSPS) is 25.8. The molecule has 1 atom stereocenters. The zero-order chi connectivity index (χ0) is 14.9. The number of nitrogens with one attached hydrogen (secondary N) is 1. The van der Waals surface area contributed by atoms with Crippen molar-refractivity contribution >= 4 is 6.03 Å². The number of aromatic nitrogens is 2. The molecule has 0 unspecified atom stereocenters. The topological polar surface area (TPSA) is 53.4 Å². The Hall–Kier alpha value is -1.56. The number of hydrogen-bond donors (Lipinski definition) is 1. The zero-order valence-corrected chi connectivity index (χ0v) is 13.1. The number of fused-ring (bicyclic) bond motifs is 1. The quantitative estimate of drug-likeness (QED) is 0.923. The van der Waals surface area contributed by atoms with E-state index in [-0.39, 0.29) is 12.1 Å². The van der Waals surface area contributed by atoms with Crippen molar-refractivity contribution in [3.05, 3.63) is 18.0 Å². The maximum atomic E-state index is 12.2. The molecule has 4 rings (SSSR count). The summed E-state index contributed by atoms with van der Waals surface area (Å²) in [5.74, 6) is 0. The van der Waals surface area contributed by atoms with Crippen LogP contribution in [-0.4, -0.2) is 57.8 Å². The zero-order valence-electron chi connectivity index (χ0n) is 13.1. The van der Waals surface area contributed by atoms with Gasteiger partial charge >= 0.3 is 6.03 Å². The van der Waals surface area contributed by atoms with Gasteiger partial charge < -0.3 is 10.2 Å². The number of rotatable bonds is 3. The summed E-state index contributed by atoms with van der Waals surface area (Å²) in [6, 6.07) is 3.19. The van der Waals surface area contributed by atoms with Crippen LogP contribution in [0.2, 0.25) is 0 Å². The molecule has 6 nitrogen and oxygen atoms in total. The van der Waals surface area contributed by atoms with Gasteiger partial charge in [-0.3, -0.25) is 9.58 Å². The highest BCUT2D eigenvalue weighted by molar-refractivity contribution is 5.74. The monoisotopic (exact) mass is 303 g/mol. The van der Waals surface area contributed by atoms with E-state index in [1.165, 1.54) is 25.0 Å². The molecule has 120 valence electrons. The molecule has 1 saturated heterocycles. The van der Waals surface area contributed by atoms with Crippen LogP contribution in [0.5, 0.6) is 0 Å². The number of amides is 2. The summed E-state index contributed by atoms with van der Waals surface area (Å²) in [5, 5.41) is 7.60. The summed E-state index contributed by atoms with van der Waals surface area (Å²) in [7, 11) is 0. The standard InChI is InChI=1S/C16H25N5O/c22-16(19-8-1-2-9-19)17-10-15-12-20(13-4-3-5-13)11-14-6-7-18-21(14)15/h6-7,13,15H,1-5,8-12H2,(H,17,22)/t15-/m1/s1. The van der Waals surface area contributed by atoms with Crippen molar-refractivity contribution in [2.75, 3.05) is 26.2 Å². The Labute approximate surface area is 131 Å². The van der Waals surface area contributed by atoms with E-state index < -0.39 is 0 Å². The van der Waals surface area contributed by atoms with Crippen molar-refractivity contribution < 1.29 is 4.79 Å². The first-order valence-corrected chi connectivity index (χ1v) is 8.60. The third-order valence-corrected chi connectivity index (χ3v) is 5.38. The highest BCUT2D eigenvalue weighted by Crippen LogP contribution is 2.30. The van der Waals surface area contributed by atoms with Gasteiger partial charge in [-0.25, -0.2) is 4.79 Å². The molecule has 0 bridgehead atoms. The van der Waals surface area contributed by atoms with E-state index >= 15 is 0 Å². The molecule has 0 radical (unpaired) electrons. The van der Waals surface area contributed by atoms with Gasteiger partial charge in [0.2, 0.25) is 0 Å². The Bertz CT molecular complexity index is 532. The Morgan fingerprint density at radius 1 is 1.27 bits per heavy atom. The van der Waals surface area contributed by atoms with Gasteiger partial charge in [0.15, 0.2) is 0 Å². The lowest BCUT2D eigenvalue weighted by atomic mass is 9.90. The maximum absolute atomic E-state index is 12.2. The van der Waals surface area contributed by atoms with Crippen molar-refractivity contribution in [1.29, 1.82) is 0 Å². The third kappa shape index (κ3) is 2.60. The molecule has 2 fully saturated rings. The molecule has 1 saturated carbocycles. The molecule has 1 aliphatic carbocycles. The Balaban J connectivity index is 1.40. The van der Waals surface area contributed by atoms with Crippen LogP contribution in [0, 0.1) is 0 Å². The third-order valence-electron chi connectivity index (χ3n) is 5.38. The number of nitrogens with zero attached hydrogens (tertiary/aromatic N) is 4. The first-order chi connectivity index (χ1) is 10.8. The Morgan fingerprint density at radius 3 is 2.82 bits per heavy atom. The molecule has 2 amide bonds. The van der Waals surface area contributed by atoms with Crippen molar-refractivity contribution in [1.82, 2.24) is 24.9 Å². The SMILES string of the molecule is O=C(NC[C@@H]1CN(C2CCC2)Cc2ccnn21)N1CCCC1. The van der Waals surface area contributed by atoms with E-state index in [0.717, 1.165) is 45.1 Å². The molecule has 2 aliphatic heterocycles. The fraction of sp³-hybridized carbons (Fsp3) is 0.750. The predicted molar refractivity (Wildman–Crippen MR) is 83.5 cm³/mol. The van der Waals surface area contributed by atoms with E-state index in [2.05, 4.69) is 26.1 Å². The number of carbonyl (C=O) groups excluding carboxylic acids is 1. The second-order valence-corrected chi connectivity index (χ2v) is 6.82. The van der Waals surface area contributed by atoms with Gasteiger partial charge in [-0.1, -0.05) is 6.42 Å². The predicted octanol–water partition coefficient (Wildman–Crippen LogP) is 1.60. The second-order valence-electron chi connectivity index (χ2n) is 6.82. The minimum absolute atomic E-state index is 0.0898. The van der Waals surface area contributed by atoms with Gasteiger partial charge in [-0.05, 0) is 31.7 Å². The van der Waals surface area contributed by atoms with E-state index in [9.17, 15) is 4.79 Å². The summed E-state index contributed by atoms with van der Waals surface area (Å²) in [4.78, 5) is 16.7. The van der Waals surface area contributed by atoms with Crippen LogP contribution < -0.4 is 5.32 Å². The average molecular weight is 303 g/mol. The Kier molecular flexibility index (Phi) is 3.78. The van der Waals surface area contributed by atoms with E-state index in [4.69, 9.17) is 0 Å². The minimum atomic E-state index is 0.0898. The van der Waals surface area contributed by atoms with Gasteiger partial charge in [-0.2, -0.15) is 5.10 Å². The number of likely N-dealkylation sites (tertiary alicyclic amines) is 1. The van der Waals surface area contributed by atoms with Crippen LogP contribution in [0.25, 0.3) is 0 Å². The Morgan fingerprint density at radius 2 is 2.09 bits per heavy atom. The smallest absolute Gasteiger partial charge is 0.317 e. The first kappa shape index (κ1) is 14.1. The summed E-state index contributed by atoms with van der Waals surface area (Å²) in [6.45, 7) is 4.48. The van der Waals surface area contributed by atoms with E-state index in [1.54, 1.807) is 0 Å². The average Bonchev–Trinajstić information content (AvgIpc) is 3.13. The summed E-state index contributed by atoms with van der Waals surface area (Å²) < 4.78 is 2.11. The molecule has 0 spiro atoms. The van der Waals surface area contributed by atoms with Crippen LogP contribution in [0.4, 0.5) is 4.79 Å². The maximum Gasteiger partial charge on any atom is 0.317 e. The summed E-state index contributed by atoms with van der Waals surface area (Å²) in [5.41, 5.74) is 1.28. The molecular formula is C16H25N5O. The van der Waals surface area contributed by atoms with Crippen molar-refractivity contribution in [2.24, 2.45) is 0 Å². The van der Waals surface area contributed by atoms with Crippen LogP contribution in [0.1, 0.15) is 43.8 Å². The first-order valence-electron chi connectivity index (χ1n) is 8.60. The molecule has 1 N–H and O–H groups in total. The highest BCUT2D eigenvalue weighted by Gasteiger charge is 2.33. The highest BCUT2D eigenvalue weighted by atomic mass is 16.2. The molecule has 0 aromatic carbocycles. The molecule has 3 aliphatic rings. The van der Waals surface area contributed by atoms with Crippen molar-refractivity contribution in [2.45, 2.75) is 50.7 Å². The van der Waals surface area contributed by atoms with Crippen LogP contribution in [0.15, 0.2) is 12.3 Å². The molecule has 22 heavy (non-hydrogen) atoms. The fourth-order valence-electron chi connectivity index (χ4n) is 3.83. The lowest BCUT2D eigenvalue weighted by Crippen LogP contribution is -2.50. The fourth-order valence-corrected chi connectivity index (χ4v) is 3.83. The largest absolute Gasteiger partial charge is 0.336 e. The van der Waals surface area contributed by atoms with Gasteiger partial charge in [-0.15, -0.1) is 0 Å². The van der Waals surface area contributed by atoms with Crippen LogP contribution in [-0.2, 0) is 6.54 Å². The van der Waals surface area contributed by atoms with Gasteiger partial charge in [0.05, 0.1) is 11.7 Å². The molecule has 1 aromatic rings. The number of urea groups is 1. The van der Waals surface area contributed by atoms with Crippen LogP contribution in [0.3, 0.4) is 0 Å². The summed E-state index contributed by atoms with van der Waals surface area (Å²) in [6.07, 6.45) is 8.15. The van der Waals surface area contributed by atoms with Crippen LogP contribution >= 0.6 is 0 Å². The molecular weight excluding hydrogens is 278 g/mol. The molecule has 1 aromatic heterocycles.